The van der Waals surface area contributed by atoms with Crippen LogP contribution in [-0.2, 0) is 11.2 Å². The van der Waals surface area contributed by atoms with Crippen molar-refractivity contribution in [1.82, 2.24) is 10.3 Å². The van der Waals surface area contributed by atoms with Crippen molar-refractivity contribution in [3.63, 3.8) is 0 Å². The van der Waals surface area contributed by atoms with Gasteiger partial charge in [0.15, 0.2) is 0 Å². The van der Waals surface area contributed by atoms with Gasteiger partial charge in [0, 0.05) is 34.2 Å². The first-order valence-corrected chi connectivity index (χ1v) is 8.19. The van der Waals surface area contributed by atoms with Crippen LogP contribution in [0.15, 0.2) is 48.7 Å². The van der Waals surface area contributed by atoms with Crippen LogP contribution in [-0.4, -0.2) is 22.5 Å². The van der Waals surface area contributed by atoms with E-state index in [9.17, 15) is 9.90 Å². The molecule has 0 saturated carbocycles. The number of carbonyl (C=O) groups is 1. The Kier molecular flexibility index (Phi) is 4.88. The first kappa shape index (κ1) is 16.6. The van der Waals surface area contributed by atoms with E-state index in [1.165, 1.54) is 0 Å². The molecule has 1 amide bonds. The number of aliphatic hydroxyl groups excluding tert-OH is 1. The van der Waals surface area contributed by atoms with Crippen molar-refractivity contribution in [1.29, 1.82) is 0 Å². The Labute approximate surface area is 145 Å². The van der Waals surface area contributed by atoms with Crippen LogP contribution < -0.4 is 5.32 Å². The SMILES string of the molecule is Cc1cccc2[nH]cc(CC(=O)NCC(O)c3ccccc3Cl)c12. The van der Waals surface area contributed by atoms with E-state index in [1.54, 1.807) is 24.3 Å². The Bertz CT molecular complexity index is 873. The molecule has 1 aromatic heterocycles. The highest BCUT2D eigenvalue weighted by Crippen LogP contribution is 2.23. The molecular weight excluding hydrogens is 324 g/mol. The fourth-order valence-electron chi connectivity index (χ4n) is 2.89. The number of rotatable bonds is 5. The van der Waals surface area contributed by atoms with Crippen molar-refractivity contribution >= 4 is 28.4 Å². The van der Waals surface area contributed by atoms with E-state index < -0.39 is 6.10 Å². The van der Waals surface area contributed by atoms with Gasteiger partial charge in [-0.15, -0.1) is 0 Å². The number of aromatic amines is 1. The summed E-state index contributed by atoms with van der Waals surface area (Å²) in [5.41, 5.74) is 3.72. The van der Waals surface area contributed by atoms with Crippen molar-refractivity contribution in [3.05, 3.63) is 70.4 Å². The summed E-state index contributed by atoms with van der Waals surface area (Å²) >= 11 is 6.06. The molecule has 1 heterocycles. The summed E-state index contributed by atoms with van der Waals surface area (Å²) in [4.78, 5) is 15.4. The van der Waals surface area contributed by atoms with Crippen molar-refractivity contribution < 1.29 is 9.90 Å². The molecule has 0 aliphatic carbocycles. The molecule has 3 rings (SSSR count). The van der Waals surface area contributed by atoms with Crippen LogP contribution in [0.25, 0.3) is 10.9 Å². The fourth-order valence-corrected chi connectivity index (χ4v) is 3.15. The second-order valence-corrected chi connectivity index (χ2v) is 6.24. The predicted molar refractivity (Wildman–Crippen MR) is 96.2 cm³/mol. The molecule has 124 valence electrons. The number of aromatic nitrogens is 1. The van der Waals surface area contributed by atoms with Gasteiger partial charge >= 0.3 is 0 Å². The molecule has 0 bridgehead atoms. The van der Waals surface area contributed by atoms with Crippen molar-refractivity contribution in [2.45, 2.75) is 19.4 Å². The smallest absolute Gasteiger partial charge is 0.224 e. The van der Waals surface area contributed by atoms with Gasteiger partial charge in [-0.3, -0.25) is 4.79 Å². The molecule has 5 heteroatoms. The lowest BCUT2D eigenvalue weighted by atomic mass is 10.1. The van der Waals surface area contributed by atoms with Crippen LogP contribution in [0.3, 0.4) is 0 Å². The number of halogens is 1. The van der Waals surface area contributed by atoms with E-state index in [0.29, 0.717) is 10.6 Å². The fraction of sp³-hybridized carbons (Fsp3) is 0.211. The highest BCUT2D eigenvalue weighted by molar-refractivity contribution is 6.31. The van der Waals surface area contributed by atoms with Crippen LogP contribution in [0.4, 0.5) is 0 Å². The number of nitrogens with one attached hydrogen (secondary N) is 2. The third-order valence-corrected chi connectivity index (χ3v) is 4.45. The Balaban J connectivity index is 1.64. The third kappa shape index (κ3) is 3.45. The maximum absolute atomic E-state index is 12.2. The monoisotopic (exact) mass is 342 g/mol. The minimum Gasteiger partial charge on any atom is -0.387 e. The summed E-state index contributed by atoms with van der Waals surface area (Å²) in [6.07, 6.45) is 1.30. The molecule has 0 saturated heterocycles. The van der Waals surface area contributed by atoms with Crippen LogP contribution in [0.1, 0.15) is 22.8 Å². The third-order valence-electron chi connectivity index (χ3n) is 4.10. The van der Waals surface area contributed by atoms with Gasteiger partial charge in [0.25, 0.3) is 0 Å². The van der Waals surface area contributed by atoms with Crippen molar-refractivity contribution in [2.75, 3.05) is 6.54 Å². The van der Waals surface area contributed by atoms with E-state index in [2.05, 4.69) is 10.3 Å². The molecule has 1 unspecified atom stereocenters. The Morgan fingerprint density at radius 1 is 1.25 bits per heavy atom. The first-order valence-electron chi connectivity index (χ1n) is 7.81. The zero-order valence-electron chi connectivity index (χ0n) is 13.3. The summed E-state index contributed by atoms with van der Waals surface area (Å²) < 4.78 is 0. The normalized spacial score (nSPS) is 12.3. The molecule has 0 aliphatic rings. The lowest BCUT2D eigenvalue weighted by molar-refractivity contribution is -0.120. The summed E-state index contributed by atoms with van der Waals surface area (Å²) in [5, 5.41) is 14.5. The molecular formula is C19H19ClN2O2. The summed E-state index contributed by atoms with van der Waals surface area (Å²) in [7, 11) is 0. The van der Waals surface area contributed by atoms with Gasteiger partial charge in [0.1, 0.15) is 0 Å². The molecule has 3 N–H and O–H groups in total. The number of amides is 1. The topological polar surface area (TPSA) is 65.1 Å². The van der Waals surface area contributed by atoms with E-state index in [0.717, 1.165) is 22.0 Å². The number of hydrogen-bond donors (Lipinski definition) is 3. The van der Waals surface area contributed by atoms with Gasteiger partial charge in [0.05, 0.1) is 12.5 Å². The van der Waals surface area contributed by atoms with Gasteiger partial charge < -0.3 is 15.4 Å². The Morgan fingerprint density at radius 2 is 2.04 bits per heavy atom. The molecule has 2 aromatic carbocycles. The van der Waals surface area contributed by atoms with Crippen LogP contribution in [0.5, 0.6) is 0 Å². The van der Waals surface area contributed by atoms with Gasteiger partial charge in [-0.1, -0.05) is 41.9 Å². The average Bonchev–Trinajstić information content (AvgIpc) is 2.97. The maximum Gasteiger partial charge on any atom is 0.224 e. The molecule has 0 spiro atoms. The number of benzene rings is 2. The van der Waals surface area contributed by atoms with E-state index in [1.807, 2.05) is 31.3 Å². The molecule has 4 nitrogen and oxygen atoms in total. The number of carbonyl (C=O) groups excluding carboxylic acids is 1. The second kappa shape index (κ2) is 7.07. The number of aliphatic hydroxyl groups is 1. The van der Waals surface area contributed by atoms with Crippen LogP contribution in [0, 0.1) is 6.92 Å². The van der Waals surface area contributed by atoms with Crippen LogP contribution in [0.2, 0.25) is 5.02 Å². The lowest BCUT2D eigenvalue weighted by Crippen LogP contribution is -2.29. The number of hydrogen-bond acceptors (Lipinski definition) is 2. The van der Waals surface area contributed by atoms with Crippen LogP contribution >= 0.6 is 11.6 Å². The van der Waals surface area contributed by atoms with Gasteiger partial charge in [-0.05, 0) is 30.2 Å². The van der Waals surface area contributed by atoms with E-state index in [4.69, 9.17) is 11.6 Å². The number of H-pyrrole nitrogens is 1. The van der Waals surface area contributed by atoms with Crippen molar-refractivity contribution in [2.24, 2.45) is 0 Å². The standard InChI is InChI=1S/C19H19ClN2O2/c1-12-5-4-8-16-19(12)13(10-21-16)9-18(24)22-11-17(23)14-6-2-3-7-15(14)20/h2-8,10,17,21,23H,9,11H2,1H3,(H,22,24). The van der Waals surface area contributed by atoms with Gasteiger partial charge in [-0.25, -0.2) is 0 Å². The number of fused-ring (bicyclic) bond motifs is 1. The largest absolute Gasteiger partial charge is 0.387 e. The van der Waals surface area contributed by atoms with Gasteiger partial charge in [0.2, 0.25) is 5.91 Å². The minimum atomic E-state index is -0.827. The Hall–Kier alpha value is -2.30. The second-order valence-electron chi connectivity index (χ2n) is 5.83. The number of aryl methyl sites for hydroxylation is 1. The summed E-state index contributed by atoms with van der Waals surface area (Å²) in [5.74, 6) is -0.134. The maximum atomic E-state index is 12.2. The lowest BCUT2D eigenvalue weighted by Gasteiger charge is -2.13. The zero-order chi connectivity index (χ0) is 17.1. The molecule has 24 heavy (non-hydrogen) atoms. The Morgan fingerprint density at radius 3 is 2.83 bits per heavy atom. The summed E-state index contributed by atoms with van der Waals surface area (Å²) in [6.45, 7) is 2.16. The van der Waals surface area contributed by atoms with E-state index in [-0.39, 0.29) is 18.9 Å². The van der Waals surface area contributed by atoms with E-state index >= 15 is 0 Å². The first-order chi connectivity index (χ1) is 11.6. The molecule has 3 aromatic rings. The zero-order valence-corrected chi connectivity index (χ0v) is 14.1. The molecule has 0 aliphatic heterocycles. The van der Waals surface area contributed by atoms with Crippen molar-refractivity contribution in [3.8, 4) is 0 Å². The highest BCUT2D eigenvalue weighted by Gasteiger charge is 2.14. The summed E-state index contributed by atoms with van der Waals surface area (Å²) in [6, 6.07) is 13.1. The highest BCUT2D eigenvalue weighted by atomic mass is 35.5. The quantitative estimate of drug-likeness (QED) is 0.664. The predicted octanol–water partition coefficient (Wildman–Crippen LogP) is 3.52. The average molecular weight is 343 g/mol. The minimum absolute atomic E-state index is 0.129. The molecule has 0 fully saturated rings. The molecule has 0 radical (unpaired) electrons. The van der Waals surface area contributed by atoms with Gasteiger partial charge in [-0.2, -0.15) is 0 Å². The molecule has 1 atom stereocenters.